The van der Waals surface area contributed by atoms with Gasteiger partial charge in [-0.2, -0.15) is 0 Å². The van der Waals surface area contributed by atoms with E-state index in [2.05, 4.69) is 15.6 Å². The SMILES string of the molecule is COCCCNCC(=O)Nc1nccs1. The van der Waals surface area contributed by atoms with E-state index >= 15 is 0 Å². The number of aromatic nitrogens is 1. The molecule has 0 saturated heterocycles. The van der Waals surface area contributed by atoms with Gasteiger partial charge in [0.05, 0.1) is 6.54 Å². The topological polar surface area (TPSA) is 63.2 Å². The molecular formula is C9H15N3O2S. The summed E-state index contributed by atoms with van der Waals surface area (Å²) in [7, 11) is 1.66. The molecule has 1 heterocycles. The van der Waals surface area contributed by atoms with Gasteiger partial charge in [-0.25, -0.2) is 4.98 Å². The highest BCUT2D eigenvalue weighted by Gasteiger charge is 2.02. The summed E-state index contributed by atoms with van der Waals surface area (Å²) in [6, 6.07) is 0. The number of methoxy groups -OCH3 is 1. The Morgan fingerprint density at radius 1 is 1.67 bits per heavy atom. The molecule has 0 aromatic carbocycles. The van der Waals surface area contributed by atoms with Crippen LogP contribution in [0.5, 0.6) is 0 Å². The molecule has 2 N–H and O–H groups in total. The van der Waals surface area contributed by atoms with Gasteiger partial charge in [-0.15, -0.1) is 11.3 Å². The van der Waals surface area contributed by atoms with Gasteiger partial charge >= 0.3 is 0 Å². The second-order valence-corrected chi connectivity index (χ2v) is 3.80. The number of anilines is 1. The molecule has 5 nitrogen and oxygen atoms in total. The Labute approximate surface area is 92.9 Å². The fourth-order valence-electron chi connectivity index (χ4n) is 0.992. The van der Waals surface area contributed by atoms with Crippen molar-refractivity contribution in [3.63, 3.8) is 0 Å². The molecule has 0 saturated carbocycles. The summed E-state index contributed by atoms with van der Waals surface area (Å²) in [5, 5.41) is 8.16. The van der Waals surface area contributed by atoms with Crippen LogP contribution in [-0.2, 0) is 9.53 Å². The molecule has 1 aromatic rings. The zero-order chi connectivity index (χ0) is 10.9. The Morgan fingerprint density at radius 2 is 2.53 bits per heavy atom. The highest BCUT2D eigenvalue weighted by Crippen LogP contribution is 2.09. The fourth-order valence-corrected chi connectivity index (χ4v) is 1.54. The Hall–Kier alpha value is -0.980. The number of carbonyl (C=O) groups is 1. The first-order valence-corrected chi connectivity index (χ1v) is 5.60. The maximum absolute atomic E-state index is 11.3. The first kappa shape index (κ1) is 12.1. The first-order valence-electron chi connectivity index (χ1n) is 4.72. The lowest BCUT2D eigenvalue weighted by Crippen LogP contribution is -2.29. The molecule has 1 rings (SSSR count). The van der Waals surface area contributed by atoms with E-state index in [9.17, 15) is 4.79 Å². The van der Waals surface area contributed by atoms with Crippen molar-refractivity contribution >= 4 is 22.4 Å². The number of amides is 1. The van der Waals surface area contributed by atoms with Crippen molar-refractivity contribution in [2.75, 3.05) is 32.1 Å². The molecule has 0 aliphatic heterocycles. The van der Waals surface area contributed by atoms with Gasteiger partial charge in [-0.1, -0.05) is 0 Å². The van der Waals surface area contributed by atoms with E-state index in [1.807, 2.05) is 5.38 Å². The van der Waals surface area contributed by atoms with Crippen LogP contribution >= 0.6 is 11.3 Å². The van der Waals surface area contributed by atoms with E-state index in [0.29, 0.717) is 18.3 Å². The largest absolute Gasteiger partial charge is 0.385 e. The quantitative estimate of drug-likeness (QED) is 0.676. The minimum absolute atomic E-state index is 0.0673. The number of rotatable bonds is 7. The van der Waals surface area contributed by atoms with E-state index in [0.717, 1.165) is 13.0 Å². The van der Waals surface area contributed by atoms with Crippen LogP contribution in [0.4, 0.5) is 5.13 Å². The van der Waals surface area contributed by atoms with Crippen molar-refractivity contribution in [3.05, 3.63) is 11.6 Å². The molecule has 0 radical (unpaired) electrons. The zero-order valence-electron chi connectivity index (χ0n) is 8.66. The number of ether oxygens (including phenoxy) is 1. The van der Waals surface area contributed by atoms with Crippen LogP contribution in [0.3, 0.4) is 0 Å². The molecule has 15 heavy (non-hydrogen) atoms. The van der Waals surface area contributed by atoms with Crippen LogP contribution < -0.4 is 10.6 Å². The number of nitrogens with zero attached hydrogens (tertiary/aromatic N) is 1. The van der Waals surface area contributed by atoms with Crippen molar-refractivity contribution in [3.8, 4) is 0 Å². The van der Waals surface area contributed by atoms with Gasteiger partial charge in [-0.3, -0.25) is 4.79 Å². The second-order valence-electron chi connectivity index (χ2n) is 2.91. The number of hydrogen-bond acceptors (Lipinski definition) is 5. The summed E-state index contributed by atoms with van der Waals surface area (Å²) < 4.78 is 4.89. The molecule has 6 heteroatoms. The third-order valence-corrected chi connectivity index (χ3v) is 2.35. The van der Waals surface area contributed by atoms with E-state index < -0.39 is 0 Å². The summed E-state index contributed by atoms with van der Waals surface area (Å²) in [6.07, 6.45) is 2.56. The summed E-state index contributed by atoms with van der Waals surface area (Å²) in [4.78, 5) is 15.3. The van der Waals surface area contributed by atoms with Crippen LogP contribution in [0.1, 0.15) is 6.42 Å². The van der Waals surface area contributed by atoms with Crippen molar-refractivity contribution < 1.29 is 9.53 Å². The monoisotopic (exact) mass is 229 g/mol. The van der Waals surface area contributed by atoms with Gasteiger partial charge in [-0.05, 0) is 13.0 Å². The van der Waals surface area contributed by atoms with Crippen LogP contribution in [0.25, 0.3) is 0 Å². The molecule has 1 amide bonds. The van der Waals surface area contributed by atoms with Crippen molar-refractivity contribution in [1.29, 1.82) is 0 Å². The Bertz CT molecular complexity index is 277. The minimum atomic E-state index is -0.0673. The molecule has 0 bridgehead atoms. The molecular weight excluding hydrogens is 214 g/mol. The van der Waals surface area contributed by atoms with E-state index in [-0.39, 0.29) is 5.91 Å². The van der Waals surface area contributed by atoms with E-state index in [1.54, 1.807) is 13.3 Å². The van der Waals surface area contributed by atoms with Crippen LogP contribution in [-0.4, -0.2) is 37.7 Å². The Morgan fingerprint density at radius 3 is 3.20 bits per heavy atom. The molecule has 84 valence electrons. The van der Waals surface area contributed by atoms with Gasteiger partial charge in [0.15, 0.2) is 5.13 Å². The number of carbonyl (C=O) groups excluding carboxylic acids is 1. The smallest absolute Gasteiger partial charge is 0.240 e. The van der Waals surface area contributed by atoms with E-state index in [4.69, 9.17) is 4.74 Å². The lowest BCUT2D eigenvalue weighted by molar-refractivity contribution is -0.115. The molecule has 0 spiro atoms. The molecule has 0 atom stereocenters. The lowest BCUT2D eigenvalue weighted by Gasteiger charge is -2.03. The van der Waals surface area contributed by atoms with E-state index in [1.165, 1.54) is 11.3 Å². The van der Waals surface area contributed by atoms with Crippen molar-refractivity contribution in [2.45, 2.75) is 6.42 Å². The first-order chi connectivity index (χ1) is 7.33. The summed E-state index contributed by atoms with van der Waals surface area (Å²) in [5.74, 6) is -0.0673. The number of thiazole rings is 1. The Balaban J connectivity index is 2.04. The Kier molecular flexibility index (Phi) is 5.91. The van der Waals surface area contributed by atoms with Crippen LogP contribution in [0, 0.1) is 0 Å². The summed E-state index contributed by atoms with van der Waals surface area (Å²) >= 11 is 1.41. The molecule has 0 aliphatic carbocycles. The molecule has 0 aliphatic rings. The van der Waals surface area contributed by atoms with Crippen LogP contribution in [0.2, 0.25) is 0 Å². The molecule has 0 fully saturated rings. The maximum atomic E-state index is 11.3. The average Bonchev–Trinajstić information content (AvgIpc) is 2.70. The summed E-state index contributed by atoms with van der Waals surface area (Å²) in [6.45, 7) is 1.80. The van der Waals surface area contributed by atoms with Crippen LogP contribution in [0.15, 0.2) is 11.6 Å². The second kappa shape index (κ2) is 7.33. The zero-order valence-corrected chi connectivity index (χ0v) is 9.47. The fraction of sp³-hybridized carbons (Fsp3) is 0.556. The van der Waals surface area contributed by atoms with Gasteiger partial charge in [0.25, 0.3) is 0 Å². The van der Waals surface area contributed by atoms with Gasteiger partial charge < -0.3 is 15.4 Å². The highest BCUT2D eigenvalue weighted by atomic mass is 32.1. The predicted octanol–water partition coefficient (Wildman–Crippen LogP) is 0.708. The minimum Gasteiger partial charge on any atom is -0.385 e. The van der Waals surface area contributed by atoms with Crippen molar-refractivity contribution in [2.24, 2.45) is 0 Å². The third-order valence-electron chi connectivity index (χ3n) is 1.67. The maximum Gasteiger partial charge on any atom is 0.240 e. The standard InChI is InChI=1S/C9H15N3O2S/c1-14-5-2-3-10-7-8(13)12-9-11-4-6-15-9/h4,6,10H,2-3,5,7H2,1H3,(H,11,12,13). The predicted molar refractivity (Wildman–Crippen MR) is 60.1 cm³/mol. The molecule has 0 unspecified atom stereocenters. The normalized spacial score (nSPS) is 10.2. The van der Waals surface area contributed by atoms with Gasteiger partial charge in [0, 0.05) is 25.3 Å². The van der Waals surface area contributed by atoms with Crippen molar-refractivity contribution in [1.82, 2.24) is 10.3 Å². The lowest BCUT2D eigenvalue weighted by atomic mass is 10.4. The summed E-state index contributed by atoms with van der Waals surface area (Å²) in [5.41, 5.74) is 0. The number of hydrogen-bond donors (Lipinski definition) is 2. The molecule has 1 aromatic heterocycles. The third kappa shape index (κ3) is 5.46. The van der Waals surface area contributed by atoms with Gasteiger partial charge in [0.2, 0.25) is 5.91 Å². The highest BCUT2D eigenvalue weighted by molar-refractivity contribution is 7.13. The number of nitrogens with one attached hydrogen (secondary N) is 2. The average molecular weight is 229 g/mol. The van der Waals surface area contributed by atoms with Gasteiger partial charge in [0.1, 0.15) is 0 Å².